The first-order chi connectivity index (χ1) is 16.0. The molecule has 1 fully saturated rings. The molecule has 1 aromatic heterocycles. The molecule has 1 aliphatic heterocycles. The van der Waals surface area contributed by atoms with Crippen molar-refractivity contribution in [2.45, 2.75) is 26.3 Å². The second-order valence-corrected chi connectivity index (χ2v) is 8.13. The van der Waals surface area contributed by atoms with E-state index in [1.807, 2.05) is 53.4 Å². The molecule has 6 nitrogen and oxygen atoms in total. The van der Waals surface area contributed by atoms with Crippen LogP contribution in [0.5, 0.6) is 5.75 Å². The minimum Gasteiger partial charge on any atom is -0.502 e. The molecule has 33 heavy (non-hydrogen) atoms. The van der Waals surface area contributed by atoms with E-state index in [-0.39, 0.29) is 24.0 Å². The maximum atomic E-state index is 12.7. The maximum Gasteiger partial charge on any atom is 0.253 e. The van der Waals surface area contributed by atoms with Gasteiger partial charge in [-0.05, 0) is 60.9 Å². The van der Waals surface area contributed by atoms with Gasteiger partial charge in [0.25, 0.3) is 5.91 Å². The lowest BCUT2D eigenvalue weighted by Gasteiger charge is -2.16. The molecule has 0 unspecified atom stereocenters. The summed E-state index contributed by atoms with van der Waals surface area (Å²) >= 11 is 0. The third kappa shape index (κ3) is 5.45. The average molecular weight is 443 g/mol. The van der Waals surface area contributed by atoms with E-state index >= 15 is 0 Å². The molecule has 0 spiro atoms. The van der Waals surface area contributed by atoms with Crippen LogP contribution < -0.4 is 10.7 Å². The van der Waals surface area contributed by atoms with E-state index in [4.69, 9.17) is 4.42 Å². The van der Waals surface area contributed by atoms with Gasteiger partial charge in [-0.15, -0.1) is 0 Å². The smallest absolute Gasteiger partial charge is 0.253 e. The predicted molar refractivity (Wildman–Crippen MR) is 127 cm³/mol. The topological polar surface area (TPSA) is 82.8 Å². The Kier molecular flexibility index (Phi) is 6.80. The standard InChI is InChI=1S/C27H26N2O4/c1-2-19-13-15-29(18-19)27(32)22-9-5-20(6-10-22)3-4-21-7-11-23(12-8-21)28-17-25-26(31)24(30)14-16-33-25/h5-12,14,16,19,28,31H,2,13,15,17-18H2,1H3/t19-/m1/s1. The lowest BCUT2D eigenvalue weighted by molar-refractivity contribution is 0.0787. The minimum absolute atomic E-state index is 0.0941. The quantitative estimate of drug-likeness (QED) is 0.578. The van der Waals surface area contributed by atoms with Gasteiger partial charge < -0.3 is 19.7 Å². The van der Waals surface area contributed by atoms with Gasteiger partial charge in [0.2, 0.25) is 11.2 Å². The summed E-state index contributed by atoms with van der Waals surface area (Å²) in [6.45, 7) is 4.05. The molecule has 6 heteroatoms. The van der Waals surface area contributed by atoms with Crippen molar-refractivity contribution < 1.29 is 14.3 Å². The molecule has 1 atom stereocenters. The first-order valence-corrected chi connectivity index (χ1v) is 11.1. The third-order valence-electron chi connectivity index (χ3n) is 5.90. The highest BCUT2D eigenvalue weighted by Gasteiger charge is 2.25. The minimum atomic E-state index is -0.470. The Morgan fingerprint density at radius 1 is 1.09 bits per heavy atom. The van der Waals surface area contributed by atoms with E-state index in [9.17, 15) is 14.7 Å². The molecule has 2 N–H and O–H groups in total. The summed E-state index contributed by atoms with van der Waals surface area (Å²) in [5, 5.41) is 12.8. The SMILES string of the molecule is CC[C@@H]1CCN(C(=O)c2ccc(C#Cc3ccc(NCc4occc(=O)c4O)cc3)cc2)C1. The molecule has 2 aromatic carbocycles. The normalized spacial score (nSPS) is 15.1. The number of benzene rings is 2. The Morgan fingerprint density at radius 3 is 2.39 bits per heavy atom. The zero-order valence-electron chi connectivity index (χ0n) is 18.5. The number of aromatic hydroxyl groups is 1. The molecule has 168 valence electrons. The molecule has 4 rings (SSSR count). The number of carbonyl (C=O) groups is 1. The second-order valence-electron chi connectivity index (χ2n) is 8.13. The average Bonchev–Trinajstić information content (AvgIpc) is 3.34. The van der Waals surface area contributed by atoms with Crippen LogP contribution in [0, 0.1) is 17.8 Å². The fraction of sp³-hybridized carbons (Fsp3) is 0.259. The number of anilines is 1. The van der Waals surface area contributed by atoms with Gasteiger partial charge in [-0.25, -0.2) is 0 Å². The van der Waals surface area contributed by atoms with Crippen molar-refractivity contribution in [2.24, 2.45) is 5.92 Å². The first-order valence-electron chi connectivity index (χ1n) is 11.1. The number of amides is 1. The van der Waals surface area contributed by atoms with E-state index in [2.05, 4.69) is 24.1 Å². The van der Waals surface area contributed by atoms with Crippen LogP contribution in [-0.2, 0) is 6.54 Å². The molecular weight excluding hydrogens is 416 g/mol. The first kappa shape index (κ1) is 22.2. The highest BCUT2D eigenvalue weighted by Crippen LogP contribution is 2.21. The van der Waals surface area contributed by atoms with Crippen molar-refractivity contribution >= 4 is 11.6 Å². The molecule has 0 radical (unpaired) electrons. The Balaban J connectivity index is 1.35. The van der Waals surface area contributed by atoms with Crippen molar-refractivity contribution in [1.29, 1.82) is 0 Å². The van der Waals surface area contributed by atoms with Crippen LogP contribution >= 0.6 is 0 Å². The molecule has 1 aliphatic rings. The number of hydrogen-bond acceptors (Lipinski definition) is 5. The van der Waals surface area contributed by atoms with Crippen molar-refractivity contribution in [3.8, 4) is 17.6 Å². The summed E-state index contributed by atoms with van der Waals surface area (Å²) in [4.78, 5) is 26.0. The Bertz CT molecular complexity index is 1230. The van der Waals surface area contributed by atoms with Gasteiger partial charge in [0, 0.05) is 41.5 Å². The largest absolute Gasteiger partial charge is 0.502 e. The van der Waals surface area contributed by atoms with Crippen molar-refractivity contribution in [2.75, 3.05) is 18.4 Å². The summed E-state index contributed by atoms with van der Waals surface area (Å²) in [6, 6.07) is 16.1. The highest BCUT2D eigenvalue weighted by atomic mass is 16.4. The van der Waals surface area contributed by atoms with Crippen LogP contribution in [-0.4, -0.2) is 29.0 Å². The second kappa shape index (κ2) is 10.1. The van der Waals surface area contributed by atoms with Gasteiger partial charge in [0.15, 0.2) is 5.76 Å². The van der Waals surface area contributed by atoms with Crippen LogP contribution in [0.4, 0.5) is 5.69 Å². The van der Waals surface area contributed by atoms with E-state index in [1.165, 1.54) is 12.3 Å². The molecule has 0 bridgehead atoms. The summed E-state index contributed by atoms with van der Waals surface area (Å²) in [5.41, 5.74) is 2.73. The van der Waals surface area contributed by atoms with Gasteiger partial charge in [0.05, 0.1) is 12.8 Å². The zero-order valence-corrected chi connectivity index (χ0v) is 18.5. The van der Waals surface area contributed by atoms with E-state index in [1.54, 1.807) is 0 Å². The van der Waals surface area contributed by atoms with Gasteiger partial charge in [-0.3, -0.25) is 9.59 Å². The van der Waals surface area contributed by atoms with Gasteiger partial charge >= 0.3 is 0 Å². The molecule has 2 heterocycles. The van der Waals surface area contributed by atoms with Crippen LogP contribution in [0.25, 0.3) is 0 Å². The molecular formula is C27H26N2O4. The Labute approximate surface area is 192 Å². The third-order valence-corrected chi connectivity index (χ3v) is 5.90. The fourth-order valence-electron chi connectivity index (χ4n) is 3.80. The Morgan fingerprint density at radius 2 is 1.76 bits per heavy atom. The van der Waals surface area contributed by atoms with Crippen LogP contribution in [0.2, 0.25) is 0 Å². The maximum absolute atomic E-state index is 12.7. The van der Waals surface area contributed by atoms with E-state index in [0.29, 0.717) is 11.5 Å². The lowest BCUT2D eigenvalue weighted by Crippen LogP contribution is -2.28. The number of rotatable bonds is 5. The summed E-state index contributed by atoms with van der Waals surface area (Å²) < 4.78 is 5.18. The summed E-state index contributed by atoms with van der Waals surface area (Å²) in [6.07, 6.45) is 3.46. The van der Waals surface area contributed by atoms with Gasteiger partial charge in [0.1, 0.15) is 0 Å². The van der Waals surface area contributed by atoms with Gasteiger partial charge in [-0.1, -0.05) is 25.2 Å². The van der Waals surface area contributed by atoms with E-state index < -0.39 is 5.43 Å². The van der Waals surface area contributed by atoms with Crippen molar-refractivity contribution in [3.63, 3.8) is 0 Å². The number of nitrogens with one attached hydrogen (secondary N) is 1. The molecule has 0 aliphatic carbocycles. The number of nitrogens with zero attached hydrogens (tertiary/aromatic N) is 1. The zero-order chi connectivity index (χ0) is 23.2. The lowest BCUT2D eigenvalue weighted by atomic mass is 10.1. The van der Waals surface area contributed by atoms with Crippen LogP contribution in [0.1, 0.15) is 47.0 Å². The van der Waals surface area contributed by atoms with Crippen LogP contribution in [0.3, 0.4) is 0 Å². The monoisotopic (exact) mass is 442 g/mol. The summed E-state index contributed by atoms with van der Waals surface area (Å²) in [5.74, 6) is 6.76. The van der Waals surface area contributed by atoms with Crippen LogP contribution in [0.15, 0.2) is 70.1 Å². The molecule has 3 aromatic rings. The number of carbonyl (C=O) groups excluding carboxylic acids is 1. The Hall–Kier alpha value is -3.98. The number of likely N-dealkylation sites (tertiary alicyclic amines) is 1. The number of hydrogen-bond donors (Lipinski definition) is 2. The van der Waals surface area contributed by atoms with Crippen molar-refractivity contribution in [3.05, 3.63) is 93.5 Å². The molecule has 1 saturated heterocycles. The van der Waals surface area contributed by atoms with E-state index in [0.717, 1.165) is 42.7 Å². The summed E-state index contributed by atoms with van der Waals surface area (Å²) in [7, 11) is 0. The van der Waals surface area contributed by atoms with Crippen molar-refractivity contribution in [1.82, 2.24) is 4.90 Å². The molecule has 0 saturated carbocycles. The molecule has 1 amide bonds. The van der Waals surface area contributed by atoms with Gasteiger partial charge in [-0.2, -0.15) is 0 Å². The fourth-order valence-corrected chi connectivity index (χ4v) is 3.80. The highest BCUT2D eigenvalue weighted by molar-refractivity contribution is 5.94. The predicted octanol–water partition coefficient (Wildman–Crippen LogP) is 4.23.